The third kappa shape index (κ3) is 4.82. The fourth-order valence-electron chi connectivity index (χ4n) is 3.10. The molecule has 0 bridgehead atoms. The van der Waals surface area contributed by atoms with Gasteiger partial charge >= 0.3 is 0 Å². The maximum Gasteiger partial charge on any atom is 0.161 e. The van der Waals surface area contributed by atoms with Crippen LogP contribution in [0.5, 0.6) is 0 Å². The van der Waals surface area contributed by atoms with E-state index in [4.69, 9.17) is 5.26 Å². The lowest BCUT2D eigenvalue weighted by Gasteiger charge is -2.21. The first-order chi connectivity index (χ1) is 11.2. The fourth-order valence-corrected chi connectivity index (χ4v) is 3.10. The van der Waals surface area contributed by atoms with Gasteiger partial charge in [0.25, 0.3) is 0 Å². The minimum atomic E-state index is 0.0548. The number of nitriles is 1. The van der Waals surface area contributed by atoms with E-state index in [2.05, 4.69) is 31.0 Å². The molecule has 2 rings (SSSR count). The monoisotopic (exact) mass is 308 g/mol. The Hall–Kier alpha value is -2.34. The quantitative estimate of drug-likeness (QED) is 0.741. The van der Waals surface area contributed by atoms with Crippen molar-refractivity contribution in [3.63, 3.8) is 0 Å². The van der Waals surface area contributed by atoms with Crippen LogP contribution in [0.3, 0.4) is 0 Å². The van der Waals surface area contributed by atoms with Crippen molar-refractivity contribution in [2.24, 2.45) is 5.92 Å². The maximum atomic E-state index is 12.0. The van der Waals surface area contributed by atoms with Gasteiger partial charge in [-0.3, -0.25) is 4.79 Å². The first-order valence-corrected chi connectivity index (χ1v) is 8.27. The molecule has 1 aromatic carbocycles. The number of hydrogen-bond donors (Lipinski definition) is 1. The van der Waals surface area contributed by atoms with Gasteiger partial charge in [-0.15, -0.1) is 6.58 Å². The van der Waals surface area contributed by atoms with Gasteiger partial charge < -0.3 is 5.32 Å². The molecule has 3 heteroatoms. The predicted octanol–water partition coefficient (Wildman–Crippen LogP) is 3.91. The van der Waals surface area contributed by atoms with Crippen LogP contribution in [-0.2, 0) is 11.2 Å². The number of nitrogens with zero attached hydrogens (tertiary/aromatic N) is 1. The van der Waals surface area contributed by atoms with E-state index in [-0.39, 0.29) is 17.7 Å². The lowest BCUT2D eigenvalue weighted by atomic mass is 9.99. The van der Waals surface area contributed by atoms with Gasteiger partial charge in [0.15, 0.2) is 5.78 Å². The highest BCUT2D eigenvalue weighted by Gasteiger charge is 2.25. The highest BCUT2D eigenvalue weighted by Crippen LogP contribution is 2.24. The largest absolute Gasteiger partial charge is 0.385 e. The number of nitrogens with one attached hydrogen (secondary N) is 1. The van der Waals surface area contributed by atoms with Crippen molar-refractivity contribution >= 4 is 5.78 Å². The zero-order valence-electron chi connectivity index (χ0n) is 13.7. The first kappa shape index (κ1) is 17.0. The van der Waals surface area contributed by atoms with Crippen LogP contribution < -0.4 is 5.32 Å². The normalized spacial score (nSPS) is 18.2. The topological polar surface area (TPSA) is 52.9 Å². The molecule has 3 nitrogen and oxygen atoms in total. The van der Waals surface area contributed by atoms with Gasteiger partial charge in [-0.1, -0.05) is 31.6 Å². The molecule has 120 valence electrons. The minimum absolute atomic E-state index is 0.0548. The number of carbonyl (C=O) groups is 1. The van der Waals surface area contributed by atoms with Crippen LogP contribution >= 0.6 is 0 Å². The molecule has 0 heterocycles. The minimum Gasteiger partial charge on any atom is -0.385 e. The molecular formula is C20H24N2O. The van der Waals surface area contributed by atoms with E-state index in [1.807, 2.05) is 24.3 Å². The predicted molar refractivity (Wildman–Crippen MR) is 92.7 cm³/mol. The zero-order chi connectivity index (χ0) is 16.7. The summed E-state index contributed by atoms with van der Waals surface area (Å²) >= 11 is 0. The summed E-state index contributed by atoms with van der Waals surface area (Å²) in [6.07, 6.45) is 8.06. The third-order valence-corrected chi connectivity index (χ3v) is 4.20. The van der Waals surface area contributed by atoms with E-state index in [9.17, 15) is 4.79 Å². The van der Waals surface area contributed by atoms with Gasteiger partial charge in [0.05, 0.1) is 11.6 Å². The first-order valence-electron chi connectivity index (χ1n) is 8.27. The van der Waals surface area contributed by atoms with Gasteiger partial charge in [0, 0.05) is 23.7 Å². The molecule has 0 radical (unpaired) electrons. The second-order valence-electron chi connectivity index (χ2n) is 6.14. The van der Waals surface area contributed by atoms with Crippen molar-refractivity contribution in [3.8, 4) is 6.07 Å². The van der Waals surface area contributed by atoms with E-state index in [0.29, 0.717) is 5.56 Å². The molecule has 0 saturated heterocycles. The summed E-state index contributed by atoms with van der Waals surface area (Å²) in [5, 5.41) is 12.6. The molecule has 0 aliphatic heterocycles. The Balaban J connectivity index is 2.02. The Kier molecular flexibility index (Phi) is 6.17. The van der Waals surface area contributed by atoms with Crippen LogP contribution in [0.25, 0.3) is 0 Å². The Bertz CT molecular complexity index is 639. The van der Waals surface area contributed by atoms with E-state index in [1.54, 1.807) is 6.08 Å². The number of benzene rings is 1. The molecule has 2 unspecified atom stereocenters. The molecule has 1 aliphatic rings. The molecule has 0 aromatic heterocycles. The summed E-state index contributed by atoms with van der Waals surface area (Å²) in [5.41, 5.74) is 2.89. The number of ketones is 1. The SMILES string of the molecule is C=CCC1CC(NC(CCC)Cc2cccc(C#N)c2)=CC1=O. The number of rotatable bonds is 8. The second-order valence-corrected chi connectivity index (χ2v) is 6.14. The smallest absolute Gasteiger partial charge is 0.161 e. The molecule has 0 spiro atoms. The Labute approximate surface area is 138 Å². The molecule has 0 fully saturated rings. The highest BCUT2D eigenvalue weighted by molar-refractivity contribution is 5.95. The van der Waals surface area contributed by atoms with Gasteiger partial charge in [-0.05, 0) is 43.4 Å². The van der Waals surface area contributed by atoms with E-state index in [1.165, 1.54) is 0 Å². The van der Waals surface area contributed by atoms with Crippen LogP contribution in [0, 0.1) is 17.2 Å². The molecule has 1 aromatic rings. The molecule has 2 atom stereocenters. The van der Waals surface area contributed by atoms with Crippen molar-refractivity contribution in [3.05, 3.63) is 59.8 Å². The van der Waals surface area contributed by atoms with Crippen LogP contribution in [0.4, 0.5) is 0 Å². The lowest BCUT2D eigenvalue weighted by molar-refractivity contribution is -0.117. The van der Waals surface area contributed by atoms with E-state index >= 15 is 0 Å². The van der Waals surface area contributed by atoms with Crippen molar-refractivity contribution in [2.75, 3.05) is 0 Å². The standard InChI is InChI=1S/C20H24N2O/c1-3-6-17-12-19(13-20(17)23)22-18(7-4-2)11-15-8-5-9-16(10-15)14-21/h3,5,8-10,13,17-18,22H,1,4,6-7,11-12H2,2H3. The van der Waals surface area contributed by atoms with Crippen LogP contribution in [0.2, 0.25) is 0 Å². The molecular weight excluding hydrogens is 284 g/mol. The summed E-state index contributed by atoms with van der Waals surface area (Å²) in [5.74, 6) is 0.258. The molecule has 0 saturated carbocycles. The van der Waals surface area contributed by atoms with Gasteiger partial charge in [0.2, 0.25) is 0 Å². The summed E-state index contributed by atoms with van der Waals surface area (Å²) in [6.45, 7) is 5.89. The molecule has 0 amide bonds. The van der Waals surface area contributed by atoms with Crippen molar-refractivity contribution in [1.29, 1.82) is 5.26 Å². The average molecular weight is 308 g/mol. The lowest BCUT2D eigenvalue weighted by Crippen LogP contribution is -2.30. The highest BCUT2D eigenvalue weighted by atomic mass is 16.1. The third-order valence-electron chi connectivity index (χ3n) is 4.20. The number of carbonyl (C=O) groups excluding carboxylic acids is 1. The van der Waals surface area contributed by atoms with E-state index < -0.39 is 0 Å². The Morgan fingerprint density at radius 1 is 1.52 bits per heavy atom. The Morgan fingerprint density at radius 3 is 3.04 bits per heavy atom. The van der Waals surface area contributed by atoms with Gasteiger partial charge in [-0.25, -0.2) is 0 Å². The number of hydrogen-bond acceptors (Lipinski definition) is 3. The van der Waals surface area contributed by atoms with Crippen LogP contribution in [0.15, 0.2) is 48.7 Å². The second kappa shape index (κ2) is 8.33. The van der Waals surface area contributed by atoms with Crippen LogP contribution in [-0.4, -0.2) is 11.8 Å². The molecule has 1 N–H and O–H groups in total. The summed E-state index contributed by atoms with van der Waals surface area (Å²) in [4.78, 5) is 12.0. The Morgan fingerprint density at radius 2 is 2.35 bits per heavy atom. The van der Waals surface area contributed by atoms with Gasteiger partial charge in [0.1, 0.15) is 0 Å². The maximum absolute atomic E-state index is 12.0. The van der Waals surface area contributed by atoms with Crippen molar-refractivity contribution in [2.45, 2.75) is 45.1 Å². The molecule has 1 aliphatic carbocycles. The van der Waals surface area contributed by atoms with Crippen molar-refractivity contribution < 1.29 is 4.79 Å². The average Bonchev–Trinajstić information content (AvgIpc) is 2.88. The number of allylic oxidation sites excluding steroid dienone is 3. The molecule has 23 heavy (non-hydrogen) atoms. The van der Waals surface area contributed by atoms with Crippen LogP contribution in [0.1, 0.15) is 43.7 Å². The van der Waals surface area contributed by atoms with Crippen molar-refractivity contribution in [1.82, 2.24) is 5.32 Å². The summed E-state index contributed by atoms with van der Waals surface area (Å²) < 4.78 is 0. The fraction of sp³-hybridized carbons (Fsp3) is 0.400. The summed E-state index contributed by atoms with van der Waals surface area (Å²) in [7, 11) is 0. The zero-order valence-corrected chi connectivity index (χ0v) is 13.7. The van der Waals surface area contributed by atoms with E-state index in [0.717, 1.165) is 43.4 Å². The summed E-state index contributed by atoms with van der Waals surface area (Å²) in [6, 6.07) is 10.2. The van der Waals surface area contributed by atoms with Gasteiger partial charge in [-0.2, -0.15) is 5.26 Å².